The molecule has 0 atom stereocenters. The number of nitrogens with zero attached hydrogens (tertiary/aromatic N) is 1. The molecule has 0 spiro atoms. The molecular formula is C40H30N2O4S. The third-order valence-corrected chi connectivity index (χ3v) is 8.87. The summed E-state index contributed by atoms with van der Waals surface area (Å²) in [6.45, 7) is -0.411. The van der Waals surface area contributed by atoms with E-state index in [-0.39, 0.29) is 0 Å². The van der Waals surface area contributed by atoms with E-state index in [0.717, 1.165) is 50.1 Å². The van der Waals surface area contributed by atoms with E-state index in [4.69, 9.17) is 14.5 Å². The number of benzene rings is 5. The number of amides is 1. The highest BCUT2D eigenvalue weighted by Gasteiger charge is 2.28. The molecule has 0 radical (unpaired) electrons. The van der Waals surface area contributed by atoms with Crippen LogP contribution in [0.15, 0.2) is 143 Å². The van der Waals surface area contributed by atoms with Crippen LogP contribution < -0.4 is 10.1 Å². The summed E-state index contributed by atoms with van der Waals surface area (Å²) in [5, 5.41) is 3.62. The molecule has 0 bridgehead atoms. The van der Waals surface area contributed by atoms with Crippen LogP contribution in [0.1, 0.15) is 33.6 Å². The smallest absolute Gasteiger partial charge is 0.339 e. The van der Waals surface area contributed by atoms with Gasteiger partial charge in [-0.1, -0.05) is 90.6 Å². The molecule has 1 aliphatic rings. The van der Waals surface area contributed by atoms with Gasteiger partial charge in [0.2, 0.25) is 0 Å². The van der Waals surface area contributed by atoms with E-state index in [0.29, 0.717) is 28.6 Å². The molecule has 1 aromatic heterocycles. The summed E-state index contributed by atoms with van der Waals surface area (Å²) in [5.74, 6) is 0.553. The van der Waals surface area contributed by atoms with E-state index in [1.807, 2.05) is 133 Å². The van der Waals surface area contributed by atoms with Crippen LogP contribution in [0.5, 0.6) is 11.5 Å². The summed E-state index contributed by atoms with van der Waals surface area (Å²) in [5.41, 5.74) is 5.44. The van der Waals surface area contributed by atoms with Gasteiger partial charge in [-0.15, -0.1) is 0 Å². The van der Waals surface area contributed by atoms with Gasteiger partial charge in [-0.2, -0.15) is 0 Å². The Morgan fingerprint density at radius 1 is 0.766 bits per heavy atom. The number of nitrogens with one attached hydrogen (secondary N) is 1. The summed E-state index contributed by atoms with van der Waals surface area (Å²) < 4.78 is 11.7. The van der Waals surface area contributed by atoms with E-state index < -0.39 is 18.5 Å². The van der Waals surface area contributed by atoms with Gasteiger partial charge in [0.15, 0.2) is 6.61 Å². The number of hydrogen-bond donors (Lipinski definition) is 1. The Hall–Kier alpha value is -5.66. The fraction of sp³-hybridized carbons (Fsp3) is 0.0750. The van der Waals surface area contributed by atoms with Crippen LogP contribution in [0, 0.1) is 0 Å². The van der Waals surface area contributed by atoms with Crippen molar-refractivity contribution in [3.8, 4) is 11.5 Å². The van der Waals surface area contributed by atoms with Gasteiger partial charge in [-0.05, 0) is 90.2 Å². The minimum Gasteiger partial charge on any atom is -0.457 e. The number of anilines is 1. The van der Waals surface area contributed by atoms with Crippen LogP contribution in [0.25, 0.3) is 22.6 Å². The number of carbonyl (C=O) groups excluding carboxylic acids is 2. The van der Waals surface area contributed by atoms with Crippen LogP contribution in [-0.4, -0.2) is 23.5 Å². The van der Waals surface area contributed by atoms with E-state index in [1.165, 1.54) is 0 Å². The maximum atomic E-state index is 13.7. The average molecular weight is 635 g/mol. The lowest BCUT2D eigenvalue weighted by Gasteiger charge is -2.13. The zero-order chi connectivity index (χ0) is 32.0. The van der Waals surface area contributed by atoms with Crippen molar-refractivity contribution in [2.75, 3.05) is 11.9 Å². The van der Waals surface area contributed by atoms with Gasteiger partial charge in [0.25, 0.3) is 5.91 Å². The van der Waals surface area contributed by atoms with E-state index in [9.17, 15) is 9.59 Å². The fourth-order valence-electron chi connectivity index (χ4n) is 5.67. The maximum absolute atomic E-state index is 13.7. The van der Waals surface area contributed by atoms with Crippen LogP contribution in [0.4, 0.5) is 5.69 Å². The number of esters is 1. The standard InChI is InChI=1S/C40H30N2O4S/c43-37(41-35-20-9-10-21-36(35)47-31-16-5-2-6-17-31)26-45-40(44)38-32-18-7-8-19-34(32)42-39-28(22-23-33(38)39)24-27-12-11-15-30(25-27)46-29-13-3-1-4-14-29/h1-21,24-25H,22-23,26H2,(H,41,43). The number of pyridine rings is 1. The van der Waals surface area contributed by atoms with Crippen LogP contribution in [0.3, 0.4) is 0 Å². The van der Waals surface area contributed by atoms with Crippen molar-refractivity contribution >= 4 is 51.9 Å². The quantitative estimate of drug-likeness (QED) is 0.160. The minimum atomic E-state index is -0.540. The maximum Gasteiger partial charge on any atom is 0.339 e. The first-order valence-electron chi connectivity index (χ1n) is 15.4. The summed E-state index contributed by atoms with van der Waals surface area (Å²) in [6.07, 6.45) is 3.46. The number of fused-ring (bicyclic) bond motifs is 2. The van der Waals surface area contributed by atoms with Crippen LogP contribution in [0.2, 0.25) is 0 Å². The number of para-hydroxylation sites is 3. The molecule has 0 fully saturated rings. The second-order valence-corrected chi connectivity index (χ2v) is 12.1. The van der Waals surface area contributed by atoms with Gasteiger partial charge in [0.05, 0.1) is 22.5 Å². The van der Waals surface area contributed by atoms with E-state index in [1.54, 1.807) is 11.8 Å². The third-order valence-electron chi connectivity index (χ3n) is 7.79. The Bertz CT molecular complexity index is 2110. The fourth-order valence-corrected chi connectivity index (χ4v) is 6.59. The predicted octanol–water partition coefficient (Wildman–Crippen LogP) is 9.46. The molecule has 0 aliphatic heterocycles. The van der Waals surface area contributed by atoms with Crippen LogP contribution in [-0.2, 0) is 16.0 Å². The lowest BCUT2D eigenvalue weighted by Crippen LogP contribution is -2.22. The summed E-state index contributed by atoms with van der Waals surface area (Å²) in [6, 6.07) is 42.6. The Kier molecular flexibility index (Phi) is 8.79. The first-order valence-corrected chi connectivity index (χ1v) is 16.2. The molecule has 1 N–H and O–H groups in total. The molecule has 7 rings (SSSR count). The van der Waals surface area contributed by atoms with Crippen molar-refractivity contribution in [3.05, 3.63) is 156 Å². The Labute approximate surface area is 277 Å². The number of aromatic nitrogens is 1. The normalized spacial score (nSPS) is 12.9. The Balaban J connectivity index is 1.11. The lowest BCUT2D eigenvalue weighted by atomic mass is 10.0. The molecule has 0 unspecified atom stereocenters. The van der Waals surface area contributed by atoms with Crippen molar-refractivity contribution in [1.29, 1.82) is 0 Å². The molecular weight excluding hydrogens is 605 g/mol. The van der Waals surface area contributed by atoms with Gasteiger partial charge in [-0.25, -0.2) is 9.78 Å². The molecule has 47 heavy (non-hydrogen) atoms. The van der Waals surface area contributed by atoms with E-state index in [2.05, 4.69) is 11.4 Å². The molecule has 5 aromatic carbocycles. The molecule has 230 valence electrons. The average Bonchev–Trinajstić information content (AvgIpc) is 3.49. The second kappa shape index (κ2) is 13.8. The van der Waals surface area contributed by atoms with Gasteiger partial charge in [-0.3, -0.25) is 4.79 Å². The second-order valence-electron chi connectivity index (χ2n) is 11.0. The summed E-state index contributed by atoms with van der Waals surface area (Å²) in [7, 11) is 0. The van der Waals surface area contributed by atoms with Gasteiger partial charge in [0, 0.05) is 15.2 Å². The zero-order valence-corrected chi connectivity index (χ0v) is 26.2. The number of allylic oxidation sites excluding steroid dienone is 1. The molecule has 1 aliphatic carbocycles. The third kappa shape index (κ3) is 6.95. The molecule has 0 saturated carbocycles. The predicted molar refractivity (Wildman–Crippen MR) is 187 cm³/mol. The highest BCUT2D eigenvalue weighted by atomic mass is 32.2. The van der Waals surface area contributed by atoms with Crippen molar-refractivity contribution in [2.24, 2.45) is 0 Å². The zero-order valence-electron chi connectivity index (χ0n) is 25.4. The minimum absolute atomic E-state index is 0.410. The topological polar surface area (TPSA) is 77.5 Å². The number of carbonyl (C=O) groups is 2. The molecule has 6 aromatic rings. The van der Waals surface area contributed by atoms with Crippen molar-refractivity contribution in [1.82, 2.24) is 4.98 Å². The molecule has 1 amide bonds. The van der Waals surface area contributed by atoms with Crippen LogP contribution >= 0.6 is 11.8 Å². The van der Waals surface area contributed by atoms with Gasteiger partial charge < -0.3 is 14.8 Å². The Morgan fingerprint density at radius 2 is 1.49 bits per heavy atom. The highest BCUT2D eigenvalue weighted by molar-refractivity contribution is 7.99. The number of hydrogen-bond acceptors (Lipinski definition) is 6. The highest BCUT2D eigenvalue weighted by Crippen LogP contribution is 2.38. The van der Waals surface area contributed by atoms with Crippen molar-refractivity contribution in [2.45, 2.75) is 22.6 Å². The number of ether oxygens (including phenoxy) is 2. The van der Waals surface area contributed by atoms with Crippen molar-refractivity contribution < 1.29 is 19.1 Å². The monoisotopic (exact) mass is 634 g/mol. The Morgan fingerprint density at radius 3 is 2.34 bits per heavy atom. The summed E-state index contributed by atoms with van der Waals surface area (Å²) in [4.78, 5) is 33.6. The number of rotatable bonds is 9. The first-order chi connectivity index (χ1) is 23.1. The van der Waals surface area contributed by atoms with E-state index >= 15 is 0 Å². The van der Waals surface area contributed by atoms with Gasteiger partial charge >= 0.3 is 5.97 Å². The SMILES string of the molecule is O=C(COC(=O)c1c2c(nc3ccccc13)C(=Cc1cccc(Oc3ccccc3)c1)CC2)Nc1ccccc1Sc1ccccc1. The van der Waals surface area contributed by atoms with Gasteiger partial charge in [0.1, 0.15) is 11.5 Å². The summed E-state index contributed by atoms with van der Waals surface area (Å²) >= 11 is 1.55. The molecule has 7 heteroatoms. The molecule has 6 nitrogen and oxygen atoms in total. The molecule has 0 saturated heterocycles. The van der Waals surface area contributed by atoms with Crippen molar-refractivity contribution in [3.63, 3.8) is 0 Å². The lowest BCUT2D eigenvalue weighted by molar-refractivity contribution is -0.119. The first kappa shape index (κ1) is 30.0. The largest absolute Gasteiger partial charge is 0.457 e. The molecule has 1 heterocycles.